The van der Waals surface area contributed by atoms with Crippen molar-refractivity contribution in [1.82, 2.24) is 19.5 Å². The average molecular weight is 323 g/mol. The summed E-state index contributed by atoms with van der Waals surface area (Å²) in [6, 6.07) is 9.80. The number of hydrogen-bond donors (Lipinski definition) is 1. The Morgan fingerprint density at radius 1 is 1.17 bits per heavy atom. The molecule has 0 unspecified atom stereocenters. The zero-order valence-corrected chi connectivity index (χ0v) is 13.2. The Morgan fingerprint density at radius 3 is 2.71 bits per heavy atom. The summed E-state index contributed by atoms with van der Waals surface area (Å²) in [5.74, 6) is -0.624. The number of anilines is 1. The quantitative estimate of drug-likeness (QED) is 0.789. The number of hydrogen-bond acceptors (Lipinski definition) is 5. The second-order valence-electron chi connectivity index (χ2n) is 6.09. The van der Waals surface area contributed by atoms with Crippen LogP contribution in [0.2, 0.25) is 0 Å². The second kappa shape index (κ2) is 5.59. The van der Waals surface area contributed by atoms with Gasteiger partial charge in [-0.2, -0.15) is 0 Å². The van der Waals surface area contributed by atoms with Crippen LogP contribution in [0.15, 0.2) is 43.0 Å². The van der Waals surface area contributed by atoms with E-state index in [1.165, 1.54) is 6.33 Å². The van der Waals surface area contributed by atoms with Gasteiger partial charge >= 0.3 is 5.97 Å². The fourth-order valence-corrected chi connectivity index (χ4v) is 3.43. The Morgan fingerprint density at radius 2 is 1.96 bits per heavy atom. The highest BCUT2D eigenvalue weighted by Crippen LogP contribution is 2.36. The molecule has 0 bridgehead atoms. The zero-order chi connectivity index (χ0) is 16.7. The van der Waals surface area contributed by atoms with E-state index in [0.29, 0.717) is 24.4 Å². The molecule has 0 spiro atoms. The minimum atomic E-state index is -0.780. The third kappa shape index (κ3) is 2.29. The van der Waals surface area contributed by atoms with Crippen molar-refractivity contribution >= 4 is 23.0 Å². The fraction of sp³-hybridized carbons (Fsp3) is 0.294. The van der Waals surface area contributed by atoms with Crippen molar-refractivity contribution in [3.63, 3.8) is 0 Å². The van der Waals surface area contributed by atoms with Gasteiger partial charge in [-0.25, -0.2) is 15.0 Å². The Labute approximate surface area is 138 Å². The lowest BCUT2D eigenvalue weighted by Crippen LogP contribution is -2.24. The number of carboxylic acids is 1. The van der Waals surface area contributed by atoms with Gasteiger partial charge in [0, 0.05) is 26.1 Å². The molecule has 0 radical (unpaired) electrons. The van der Waals surface area contributed by atoms with Gasteiger partial charge in [0.05, 0.1) is 12.2 Å². The van der Waals surface area contributed by atoms with Crippen LogP contribution in [0.25, 0.3) is 11.2 Å². The van der Waals surface area contributed by atoms with Crippen LogP contribution in [0.1, 0.15) is 11.5 Å². The SMILES string of the molecule is Cn1cnc2c(N3C[C@H](C(=O)O)[C@@H](c4ccccc4)C3)ncnc21. The molecule has 4 rings (SSSR count). The van der Waals surface area contributed by atoms with Crippen molar-refractivity contribution < 1.29 is 9.90 Å². The fourth-order valence-electron chi connectivity index (χ4n) is 3.43. The van der Waals surface area contributed by atoms with Gasteiger partial charge in [0.2, 0.25) is 0 Å². The topological polar surface area (TPSA) is 84.1 Å². The highest BCUT2D eigenvalue weighted by molar-refractivity contribution is 5.84. The molecular weight excluding hydrogens is 306 g/mol. The maximum atomic E-state index is 11.8. The third-order valence-electron chi connectivity index (χ3n) is 4.64. The van der Waals surface area contributed by atoms with Crippen LogP contribution < -0.4 is 4.90 Å². The van der Waals surface area contributed by atoms with Crippen molar-refractivity contribution in [1.29, 1.82) is 0 Å². The molecule has 1 saturated heterocycles. The number of rotatable bonds is 3. The van der Waals surface area contributed by atoms with E-state index >= 15 is 0 Å². The zero-order valence-electron chi connectivity index (χ0n) is 13.2. The monoisotopic (exact) mass is 323 g/mol. The van der Waals surface area contributed by atoms with Crippen LogP contribution in [-0.2, 0) is 11.8 Å². The van der Waals surface area contributed by atoms with E-state index in [-0.39, 0.29) is 5.92 Å². The van der Waals surface area contributed by atoms with Crippen LogP contribution in [0.4, 0.5) is 5.82 Å². The number of benzene rings is 1. The molecule has 1 aliphatic rings. The summed E-state index contributed by atoms with van der Waals surface area (Å²) in [5.41, 5.74) is 2.49. The molecule has 0 aliphatic carbocycles. The van der Waals surface area contributed by atoms with E-state index in [2.05, 4.69) is 15.0 Å². The lowest BCUT2D eigenvalue weighted by atomic mass is 9.89. The summed E-state index contributed by atoms with van der Waals surface area (Å²) in [5, 5.41) is 9.65. The number of nitrogens with zero attached hydrogens (tertiary/aromatic N) is 5. The van der Waals surface area contributed by atoms with Crippen molar-refractivity contribution in [2.75, 3.05) is 18.0 Å². The molecule has 24 heavy (non-hydrogen) atoms. The van der Waals surface area contributed by atoms with Crippen LogP contribution in [0.5, 0.6) is 0 Å². The molecular formula is C17H17N5O2. The van der Waals surface area contributed by atoms with Gasteiger partial charge in [-0.3, -0.25) is 4.79 Å². The number of fused-ring (bicyclic) bond motifs is 1. The van der Waals surface area contributed by atoms with E-state index in [9.17, 15) is 9.90 Å². The number of carboxylic acid groups (broad SMARTS) is 1. The Balaban J connectivity index is 1.73. The molecule has 1 N–H and O–H groups in total. The number of imidazole rings is 1. The minimum Gasteiger partial charge on any atom is -0.481 e. The first-order chi connectivity index (χ1) is 11.6. The maximum absolute atomic E-state index is 11.8. The van der Waals surface area contributed by atoms with E-state index in [1.807, 2.05) is 46.8 Å². The van der Waals surface area contributed by atoms with Gasteiger partial charge in [-0.05, 0) is 5.56 Å². The molecule has 3 aromatic rings. The van der Waals surface area contributed by atoms with Crippen LogP contribution >= 0.6 is 0 Å². The van der Waals surface area contributed by atoms with E-state index in [1.54, 1.807) is 6.33 Å². The van der Waals surface area contributed by atoms with Gasteiger partial charge in [0.25, 0.3) is 0 Å². The second-order valence-corrected chi connectivity index (χ2v) is 6.09. The average Bonchev–Trinajstić information content (AvgIpc) is 3.20. The summed E-state index contributed by atoms with van der Waals surface area (Å²) >= 11 is 0. The van der Waals surface area contributed by atoms with Crippen LogP contribution in [-0.4, -0.2) is 43.7 Å². The van der Waals surface area contributed by atoms with Crippen molar-refractivity contribution in [2.45, 2.75) is 5.92 Å². The van der Waals surface area contributed by atoms with Crippen molar-refractivity contribution in [3.05, 3.63) is 48.5 Å². The van der Waals surface area contributed by atoms with Gasteiger partial charge < -0.3 is 14.6 Å². The Kier molecular flexibility index (Phi) is 3.41. The first-order valence-electron chi connectivity index (χ1n) is 7.80. The third-order valence-corrected chi connectivity index (χ3v) is 4.64. The lowest BCUT2D eigenvalue weighted by molar-refractivity contribution is -0.141. The Bertz CT molecular complexity index is 892. The standard InChI is InChI=1S/C17H17N5O2/c1-21-10-20-14-15(21)18-9-19-16(14)22-7-12(13(8-22)17(23)24)11-5-3-2-4-6-11/h2-6,9-10,12-13H,7-8H2,1H3,(H,23,24)/t12-,13+/m1/s1. The number of aliphatic carboxylic acids is 1. The molecule has 1 aromatic carbocycles. The molecule has 2 aromatic heterocycles. The first kappa shape index (κ1) is 14.6. The maximum Gasteiger partial charge on any atom is 0.308 e. The summed E-state index contributed by atoms with van der Waals surface area (Å²) < 4.78 is 1.83. The summed E-state index contributed by atoms with van der Waals surface area (Å²) in [6.07, 6.45) is 3.20. The number of carbonyl (C=O) groups is 1. The van der Waals surface area contributed by atoms with Gasteiger partial charge in [-0.1, -0.05) is 30.3 Å². The largest absolute Gasteiger partial charge is 0.481 e. The van der Waals surface area contributed by atoms with Crippen LogP contribution in [0.3, 0.4) is 0 Å². The molecule has 122 valence electrons. The molecule has 1 aliphatic heterocycles. The van der Waals surface area contributed by atoms with E-state index < -0.39 is 11.9 Å². The highest BCUT2D eigenvalue weighted by atomic mass is 16.4. The van der Waals surface area contributed by atoms with E-state index in [0.717, 1.165) is 11.2 Å². The van der Waals surface area contributed by atoms with E-state index in [4.69, 9.17) is 0 Å². The van der Waals surface area contributed by atoms with Gasteiger partial charge in [-0.15, -0.1) is 0 Å². The Hall–Kier alpha value is -2.96. The first-order valence-corrected chi connectivity index (χ1v) is 7.80. The molecule has 1 fully saturated rings. The van der Waals surface area contributed by atoms with Crippen molar-refractivity contribution in [3.8, 4) is 0 Å². The smallest absolute Gasteiger partial charge is 0.308 e. The number of aromatic nitrogens is 4. The summed E-state index contributed by atoms with van der Waals surface area (Å²) in [4.78, 5) is 26.8. The predicted octanol–water partition coefficient (Wildman–Crippen LogP) is 1.67. The van der Waals surface area contributed by atoms with Gasteiger partial charge in [0.1, 0.15) is 6.33 Å². The van der Waals surface area contributed by atoms with Crippen LogP contribution in [0, 0.1) is 5.92 Å². The minimum absolute atomic E-state index is 0.0718. The lowest BCUT2D eigenvalue weighted by Gasteiger charge is -2.17. The predicted molar refractivity (Wildman–Crippen MR) is 88.8 cm³/mol. The molecule has 2 atom stereocenters. The normalized spacial score (nSPS) is 20.6. The molecule has 0 amide bonds. The number of aryl methyl sites for hydroxylation is 1. The highest BCUT2D eigenvalue weighted by Gasteiger charge is 2.39. The van der Waals surface area contributed by atoms with Crippen molar-refractivity contribution in [2.24, 2.45) is 13.0 Å². The summed E-state index contributed by atoms with van der Waals surface area (Å²) in [7, 11) is 1.88. The molecule has 7 heteroatoms. The molecule has 3 heterocycles. The van der Waals surface area contributed by atoms with Gasteiger partial charge in [0.15, 0.2) is 17.0 Å². The summed E-state index contributed by atoms with van der Waals surface area (Å²) in [6.45, 7) is 1.02. The molecule has 7 nitrogen and oxygen atoms in total. The molecule has 0 saturated carbocycles.